The van der Waals surface area contributed by atoms with Crippen molar-refractivity contribution in [2.75, 3.05) is 24.9 Å². The maximum Gasteiger partial charge on any atom is 0.321 e. The van der Waals surface area contributed by atoms with Crippen molar-refractivity contribution in [1.29, 1.82) is 0 Å². The Morgan fingerprint density at radius 2 is 2.00 bits per heavy atom. The number of alkyl halides is 2. The third-order valence-electron chi connectivity index (χ3n) is 2.31. The summed E-state index contributed by atoms with van der Waals surface area (Å²) in [5.74, 6) is -1.81. The van der Waals surface area contributed by atoms with Gasteiger partial charge in [0.25, 0.3) is 5.91 Å². The first kappa shape index (κ1) is 14.0. The molecule has 0 radical (unpaired) electrons. The van der Waals surface area contributed by atoms with E-state index in [1.54, 1.807) is 6.92 Å². The summed E-state index contributed by atoms with van der Waals surface area (Å²) < 4.78 is 4.77. The summed E-state index contributed by atoms with van der Waals surface area (Å²) in [5.41, 5.74) is 1.10. The molecule has 0 aliphatic carbocycles. The molecule has 1 heterocycles. The van der Waals surface area contributed by atoms with E-state index in [2.05, 4.69) is 0 Å². The maximum atomic E-state index is 11.5. The number of rotatable bonds is 4. The summed E-state index contributed by atoms with van der Waals surface area (Å²) in [4.78, 5) is 34.5. The second kappa shape index (κ2) is 6.02. The Morgan fingerprint density at radius 1 is 1.35 bits per heavy atom. The Labute approximate surface area is 108 Å². The van der Waals surface area contributed by atoms with Crippen molar-refractivity contribution >= 4 is 41.0 Å². The molecule has 1 fully saturated rings. The number of carbonyl (C=O) groups excluding carboxylic acids is 3. The normalized spacial score (nSPS) is 17.6. The molecule has 1 saturated heterocycles. The van der Waals surface area contributed by atoms with Crippen LogP contribution < -0.4 is 0 Å². The third kappa shape index (κ3) is 3.20. The molecule has 0 aromatic rings. The van der Waals surface area contributed by atoms with E-state index in [0.717, 1.165) is 4.90 Å². The van der Waals surface area contributed by atoms with Gasteiger partial charge in [0.05, 0.1) is 6.54 Å². The van der Waals surface area contributed by atoms with Crippen molar-refractivity contribution < 1.29 is 19.1 Å². The van der Waals surface area contributed by atoms with Crippen LogP contribution in [-0.4, -0.2) is 47.6 Å². The van der Waals surface area contributed by atoms with Crippen molar-refractivity contribution in [3.8, 4) is 0 Å². The number of imide groups is 1. The predicted octanol–water partition coefficient (Wildman–Crippen LogP) is 0.692. The van der Waals surface area contributed by atoms with Crippen LogP contribution in [0.4, 0.5) is 0 Å². The van der Waals surface area contributed by atoms with Crippen molar-refractivity contribution in [2.24, 2.45) is 0 Å². The standard InChI is InChI=1S/C10H11Cl2NO4/c1-6(5-17-9(15)3-12)7-4-13(10(7)16)8(14)2-11/h2-5H2,1H3/b7-6-. The molecule has 0 N–H and O–H groups in total. The summed E-state index contributed by atoms with van der Waals surface area (Å²) in [5, 5.41) is 0. The minimum Gasteiger partial charge on any atom is -0.460 e. The van der Waals surface area contributed by atoms with Crippen LogP contribution >= 0.6 is 23.2 Å². The average Bonchev–Trinajstić information content (AvgIpc) is 2.33. The first-order chi connectivity index (χ1) is 8.01. The van der Waals surface area contributed by atoms with Crippen LogP contribution in [0.3, 0.4) is 0 Å². The van der Waals surface area contributed by atoms with Gasteiger partial charge in [0.1, 0.15) is 18.4 Å². The van der Waals surface area contributed by atoms with E-state index in [1.165, 1.54) is 0 Å². The minimum absolute atomic E-state index is 0.00946. The number of carbonyl (C=O) groups is 3. The van der Waals surface area contributed by atoms with E-state index in [-0.39, 0.29) is 30.8 Å². The largest absolute Gasteiger partial charge is 0.460 e. The number of amides is 2. The molecule has 2 amide bonds. The molecular weight excluding hydrogens is 269 g/mol. The highest BCUT2D eigenvalue weighted by atomic mass is 35.5. The molecule has 0 spiro atoms. The van der Waals surface area contributed by atoms with Gasteiger partial charge in [0, 0.05) is 5.57 Å². The average molecular weight is 280 g/mol. The fraction of sp³-hybridized carbons (Fsp3) is 0.500. The molecule has 0 atom stereocenters. The van der Waals surface area contributed by atoms with Gasteiger partial charge >= 0.3 is 5.97 Å². The van der Waals surface area contributed by atoms with Gasteiger partial charge in [-0.15, -0.1) is 23.2 Å². The Bertz CT molecular complexity index is 392. The first-order valence-electron chi connectivity index (χ1n) is 4.82. The lowest BCUT2D eigenvalue weighted by Gasteiger charge is -2.32. The molecule has 1 aliphatic rings. The lowest BCUT2D eigenvalue weighted by molar-refractivity contribution is -0.146. The maximum absolute atomic E-state index is 11.5. The Morgan fingerprint density at radius 3 is 2.47 bits per heavy atom. The predicted molar refractivity (Wildman–Crippen MR) is 61.8 cm³/mol. The topological polar surface area (TPSA) is 63.7 Å². The van der Waals surface area contributed by atoms with E-state index in [0.29, 0.717) is 11.1 Å². The van der Waals surface area contributed by atoms with Gasteiger partial charge in [-0.1, -0.05) is 0 Å². The van der Waals surface area contributed by atoms with Gasteiger partial charge in [-0.25, -0.2) is 0 Å². The zero-order chi connectivity index (χ0) is 13.0. The van der Waals surface area contributed by atoms with E-state index in [4.69, 9.17) is 27.9 Å². The monoisotopic (exact) mass is 279 g/mol. The molecule has 7 heteroatoms. The van der Waals surface area contributed by atoms with Crippen molar-refractivity contribution in [2.45, 2.75) is 6.92 Å². The van der Waals surface area contributed by atoms with Crippen molar-refractivity contribution in [3.63, 3.8) is 0 Å². The van der Waals surface area contributed by atoms with E-state index >= 15 is 0 Å². The van der Waals surface area contributed by atoms with Crippen LogP contribution in [-0.2, 0) is 19.1 Å². The molecule has 0 unspecified atom stereocenters. The zero-order valence-electron chi connectivity index (χ0n) is 9.16. The highest BCUT2D eigenvalue weighted by Crippen LogP contribution is 2.21. The van der Waals surface area contributed by atoms with E-state index in [9.17, 15) is 14.4 Å². The quantitative estimate of drug-likeness (QED) is 0.329. The SMILES string of the molecule is C/C(COC(=O)CCl)=C1\CN(C(=O)CCl)C1=O. The molecule has 5 nitrogen and oxygen atoms in total. The van der Waals surface area contributed by atoms with Crippen LogP contribution in [0.5, 0.6) is 0 Å². The Hall–Kier alpha value is -1.07. The summed E-state index contributed by atoms with van der Waals surface area (Å²) in [6.07, 6.45) is 0. The Kier molecular flexibility index (Phi) is 4.96. The number of β-lactam (4-membered cyclic amide) rings is 1. The number of ether oxygens (including phenoxy) is 1. The van der Waals surface area contributed by atoms with Gasteiger partial charge in [-0.05, 0) is 12.5 Å². The van der Waals surface area contributed by atoms with E-state index < -0.39 is 11.9 Å². The number of hydrogen-bond donors (Lipinski definition) is 0. The number of likely N-dealkylation sites (tertiary alicyclic amines) is 1. The molecule has 0 aromatic carbocycles. The second-order valence-corrected chi connectivity index (χ2v) is 4.01. The molecule has 0 saturated carbocycles. The lowest BCUT2D eigenvalue weighted by Crippen LogP contribution is -2.51. The summed E-state index contributed by atoms with van der Waals surface area (Å²) >= 11 is 10.6. The van der Waals surface area contributed by atoms with Gasteiger partial charge in [0.2, 0.25) is 5.91 Å². The first-order valence-corrected chi connectivity index (χ1v) is 5.89. The van der Waals surface area contributed by atoms with Crippen molar-refractivity contribution in [1.82, 2.24) is 4.90 Å². The van der Waals surface area contributed by atoms with Gasteiger partial charge < -0.3 is 4.74 Å². The highest BCUT2D eigenvalue weighted by molar-refractivity contribution is 6.29. The number of halogens is 2. The van der Waals surface area contributed by atoms with Crippen LogP contribution in [0.1, 0.15) is 6.92 Å². The summed E-state index contributed by atoms with van der Waals surface area (Å²) in [6, 6.07) is 0. The number of esters is 1. The minimum atomic E-state index is -0.549. The molecule has 1 aliphatic heterocycles. The fourth-order valence-corrected chi connectivity index (χ4v) is 1.50. The van der Waals surface area contributed by atoms with Crippen molar-refractivity contribution in [3.05, 3.63) is 11.1 Å². The summed E-state index contributed by atoms with van der Waals surface area (Å²) in [6.45, 7) is 1.89. The lowest BCUT2D eigenvalue weighted by atomic mass is 10.0. The highest BCUT2D eigenvalue weighted by Gasteiger charge is 2.36. The molecule has 94 valence electrons. The fourth-order valence-electron chi connectivity index (χ4n) is 1.27. The molecule has 0 aromatic heterocycles. The summed E-state index contributed by atoms with van der Waals surface area (Å²) in [7, 11) is 0. The van der Waals surface area contributed by atoms with Crippen LogP contribution in [0.25, 0.3) is 0 Å². The van der Waals surface area contributed by atoms with Gasteiger partial charge in [-0.2, -0.15) is 0 Å². The second-order valence-electron chi connectivity index (χ2n) is 3.47. The molecule has 1 rings (SSSR count). The van der Waals surface area contributed by atoms with E-state index in [1.807, 2.05) is 0 Å². The molecule has 0 bridgehead atoms. The van der Waals surface area contributed by atoms with Crippen LogP contribution in [0, 0.1) is 0 Å². The number of hydrogen-bond acceptors (Lipinski definition) is 4. The van der Waals surface area contributed by atoms with Gasteiger partial charge in [-0.3, -0.25) is 19.3 Å². The molecule has 17 heavy (non-hydrogen) atoms. The zero-order valence-corrected chi connectivity index (χ0v) is 10.7. The van der Waals surface area contributed by atoms with Crippen LogP contribution in [0.2, 0.25) is 0 Å². The Balaban J connectivity index is 2.55. The molecular formula is C10H11Cl2NO4. The van der Waals surface area contributed by atoms with Gasteiger partial charge in [0.15, 0.2) is 0 Å². The third-order valence-corrected chi connectivity index (χ3v) is 2.76. The smallest absolute Gasteiger partial charge is 0.321 e. The number of nitrogens with zero attached hydrogens (tertiary/aromatic N) is 1. The van der Waals surface area contributed by atoms with Crippen LogP contribution in [0.15, 0.2) is 11.1 Å².